The number of methoxy groups -OCH3 is 1. The number of benzene rings is 2. The van der Waals surface area contributed by atoms with Crippen molar-refractivity contribution in [3.8, 4) is 11.8 Å². The molecule has 124 valence electrons. The summed E-state index contributed by atoms with van der Waals surface area (Å²) < 4.78 is 19.8. The van der Waals surface area contributed by atoms with E-state index in [-0.39, 0.29) is 33.0 Å². The minimum atomic E-state index is -0.717. The van der Waals surface area contributed by atoms with Crippen molar-refractivity contribution in [2.24, 2.45) is 5.73 Å². The van der Waals surface area contributed by atoms with Gasteiger partial charge in [0.25, 0.3) is 0 Å². The normalized spacial score (nSPS) is 11.7. The molecule has 0 bridgehead atoms. The molecular formula is C18H16ClFN2O2. The topological polar surface area (TPSA) is 76.1 Å². The quantitative estimate of drug-likeness (QED) is 0.830. The van der Waals surface area contributed by atoms with Crippen molar-refractivity contribution in [1.82, 2.24) is 0 Å². The summed E-state index contributed by atoms with van der Waals surface area (Å²) in [6.07, 6.45) is 0.525. The highest BCUT2D eigenvalue weighted by molar-refractivity contribution is 6.35. The Balaban J connectivity index is 2.56. The van der Waals surface area contributed by atoms with Gasteiger partial charge in [-0.05, 0) is 30.7 Å². The van der Waals surface area contributed by atoms with Crippen LogP contribution in [0.5, 0.6) is 5.75 Å². The van der Waals surface area contributed by atoms with E-state index >= 15 is 0 Å². The van der Waals surface area contributed by atoms with Crippen LogP contribution in [0, 0.1) is 17.1 Å². The van der Waals surface area contributed by atoms with Gasteiger partial charge in [-0.15, -0.1) is 0 Å². The molecule has 0 aliphatic carbocycles. The number of carbonyl (C=O) groups is 1. The summed E-state index contributed by atoms with van der Waals surface area (Å²) in [5.41, 5.74) is 6.35. The third-order valence-electron chi connectivity index (χ3n) is 3.77. The maximum absolute atomic E-state index is 14.8. The molecule has 0 saturated heterocycles. The lowest BCUT2D eigenvalue weighted by atomic mass is 9.96. The third kappa shape index (κ3) is 3.25. The molecule has 2 aromatic carbocycles. The molecule has 0 saturated carbocycles. The zero-order valence-electron chi connectivity index (χ0n) is 13.3. The largest absolute Gasteiger partial charge is 0.495 e. The number of ketones is 1. The Morgan fingerprint density at radius 2 is 2.12 bits per heavy atom. The van der Waals surface area contributed by atoms with Gasteiger partial charge >= 0.3 is 0 Å². The number of halogens is 2. The van der Waals surface area contributed by atoms with E-state index in [9.17, 15) is 9.18 Å². The monoisotopic (exact) mass is 346 g/mol. The second-order valence-corrected chi connectivity index (χ2v) is 5.60. The predicted octanol–water partition coefficient (Wildman–Crippen LogP) is 4.00. The van der Waals surface area contributed by atoms with Crippen LogP contribution in [0.4, 0.5) is 4.39 Å². The Morgan fingerprint density at radius 1 is 1.42 bits per heavy atom. The van der Waals surface area contributed by atoms with Crippen molar-refractivity contribution in [1.29, 1.82) is 5.26 Å². The van der Waals surface area contributed by atoms with E-state index in [4.69, 9.17) is 27.3 Å². The van der Waals surface area contributed by atoms with Crippen LogP contribution < -0.4 is 10.5 Å². The SMILES string of the molecule is CC[C@H](N)c1ccc(Cl)c(C(=O)c2ccc(C#N)c(OC)c2)c1F. The summed E-state index contributed by atoms with van der Waals surface area (Å²) in [4.78, 5) is 12.7. The lowest BCUT2D eigenvalue weighted by molar-refractivity contribution is 0.103. The van der Waals surface area contributed by atoms with Crippen LogP contribution in [0.1, 0.15) is 46.4 Å². The van der Waals surface area contributed by atoms with Crippen LogP contribution in [-0.2, 0) is 0 Å². The van der Waals surface area contributed by atoms with E-state index in [2.05, 4.69) is 0 Å². The molecule has 0 amide bonds. The highest BCUT2D eigenvalue weighted by atomic mass is 35.5. The summed E-state index contributed by atoms with van der Waals surface area (Å²) >= 11 is 6.04. The molecule has 2 rings (SSSR count). The number of nitrogens with two attached hydrogens (primary N) is 1. The third-order valence-corrected chi connectivity index (χ3v) is 4.09. The first-order valence-electron chi connectivity index (χ1n) is 7.30. The summed E-state index contributed by atoms with van der Waals surface area (Å²) in [7, 11) is 1.39. The van der Waals surface area contributed by atoms with Gasteiger partial charge in [-0.25, -0.2) is 4.39 Å². The fraction of sp³-hybridized carbons (Fsp3) is 0.222. The number of rotatable bonds is 5. The number of hydrogen-bond acceptors (Lipinski definition) is 4. The fourth-order valence-corrected chi connectivity index (χ4v) is 2.58. The molecule has 0 unspecified atom stereocenters. The smallest absolute Gasteiger partial charge is 0.197 e. The second-order valence-electron chi connectivity index (χ2n) is 5.20. The molecule has 0 heterocycles. The van der Waals surface area contributed by atoms with E-state index in [1.165, 1.54) is 37.4 Å². The lowest BCUT2D eigenvalue weighted by Gasteiger charge is -2.14. The summed E-state index contributed by atoms with van der Waals surface area (Å²) in [5.74, 6) is -1.07. The zero-order chi connectivity index (χ0) is 17.9. The van der Waals surface area contributed by atoms with Crippen molar-refractivity contribution >= 4 is 17.4 Å². The maximum atomic E-state index is 14.8. The zero-order valence-corrected chi connectivity index (χ0v) is 14.0. The minimum Gasteiger partial charge on any atom is -0.495 e. The molecule has 0 spiro atoms. The van der Waals surface area contributed by atoms with Gasteiger partial charge in [-0.1, -0.05) is 24.6 Å². The van der Waals surface area contributed by atoms with Crippen molar-refractivity contribution in [2.45, 2.75) is 19.4 Å². The Hall–Kier alpha value is -2.42. The number of nitriles is 1. The number of ether oxygens (including phenoxy) is 1. The Labute approximate surface area is 144 Å². The molecule has 6 heteroatoms. The first-order valence-corrected chi connectivity index (χ1v) is 7.68. The molecule has 1 atom stereocenters. The lowest BCUT2D eigenvalue weighted by Crippen LogP contribution is -2.15. The molecule has 2 aromatic rings. The highest BCUT2D eigenvalue weighted by Crippen LogP contribution is 2.30. The first-order chi connectivity index (χ1) is 11.4. The number of hydrogen-bond donors (Lipinski definition) is 1. The Kier molecular flexibility index (Phi) is 5.55. The van der Waals surface area contributed by atoms with Gasteiger partial charge < -0.3 is 10.5 Å². The van der Waals surface area contributed by atoms with Crippen LogP contribution in [0.25, 0.3) is 0 Å². The minimum absolute atomic E-state index is 0.00730. The summed E-state index contributed by atoms with van der Waals surface area (Å²) in [5, 5.41) is 9.01. The standard InChI is InChI=1S/C18H16ClFN2O2/c1-3-14(22)12-6-7-13(19)16(17(12)20)18(23)10-4-5-11(9-21)15(8-10)24-2/h4-8,14H,3,22H2,1-2H3/t14-/m0/s1. The summed E-state index contributed by atoms with van der Waals surface area (Å²) in [6, 6.07) is 8.65. The van der Waals surface area contributed by atoms with E-state index in [1.54, 1.807) is 0 Å². The van der Waals surface area contributed by atoms with Crippen molar-refractivity contribution in [2.75, 3.05) is 7.11 Å². The van der Waals surface area contributed by atoms with Gasteiger partial charge in [-0.2, -0.15) is 5.26 Å². The van der Waals surface area contributed by atoms with Crippen molar-refractivity contribution in [3.63, 3.8) is 0 Å². The maximum Gasteiger partial charge on any atom is 0.197 e. The van der Waals surface area contributed by atoms with Gasteiger partial charge in [0.2, 0.25) is 0 Å². The molecule has 0 radical (unpaired) electrons. The van der Waals surface area contributed by atoms with E-state index < -0.39 is 17.6 Å². The van der Waals surface area contributed by atoms with Crippen LogP contribution in [-0.4, -0.2) is 12.9 Å². The van der Waals surface area contributed by atoms with E-state index in [1.807, 2.05) is 13.0 Å². The van der Waals surface area contributed by atoms with Crippen LogP contribution in [0.15, 0.2) is 30.3 Å². The second kappa shape index (κ2) is 7.43. The van der Waals surface area contributed by atoms with E-state index in [0.29, 0.717) is 6.42 Å². The predicted molar refractivity (Wildman–Crippen MR) is 89.8 cm³/mol. The molecule has 4 nitrogen and oxygen atoms in total. The Morgan fingerprint density at radius 3 is 2.71 bits per heavy atom. The molecule has 2 N–H and O–H groups in total. The van der Waals surface area contributed by atoms with Gasteiger partial charge in [0.05, 0.1) is 23.3 Å². The van der Waals surface area contributed by atoms with Crippen molar-refractivity contribution < 1.29 is 13.9 Å². The molecule has 0 aromatic heterocycles. The van der Waals surface area contributed by atoms with E-state index in [0.717, 1.165) is 0 Å². The highest BCUT2D eigenvalue weighted by Gasteiger charge is 2.23. The van der Waals surface area contributed by atoms with Gasteiger partial charge in [0.1, 0.15) is 17.6 Å². The van der Waals surface area contributed by atoms with Gasteiger partial charge in [0.15, 0.2) is 5.78 Å². The molecule has 0 aliphatic rings. The van der Waals surface area contributed by atoms with Gasteiger partial charge in [-0.3, -0.25) is 4.79 Å². The first kappa shape index (κ1) is 17.9. The van der Waals surface area contributed by atoms with Gasteiger partial charge in [0, 0.05) is 17.2 Å². The number of nitrogens with zero attached hydrogens (tertiary/aromatic N) is 1. The molecule has 24 heavy (non-hydrogen) atoms. The Bertz CT molecular complexity index is 830. The molecule has 0 fully saturated rings. The fourth-order valence-electron chi connectivity index (χ4n) is 2.35. The van der Waals surface area contributed by atoms with Crippen LogP contribution in [0.3, 0.4) is 0 Å². The number of carbonyl (C=O) groups excluding carboxylic acids is 1. The van der Waals surface area contributed by atoms with Crippen molar-refractivity contribution in [3.05, 3.63) is 63.4 Å². The van der Waals surface area contributed by atoms with Crippen LogP contribution in [0.2, 0.25) is 5.02 Å². The average Bonchev–Trinajstić information content (AvgIpc) is 2.60. The summed E-state index contributed by atoms with van der Waals surface area (Å²) in [6.45, 7) is 1.83. The van der Waals surface area contributed by atoms with Crippen LogP contribution >= 0.6 is 11.6 Å². The molecular weight excluding hydrogens is 331 g/mol. The average molecular weight is 347 g/mol. The molecule has 0 aliphatic heterocycles.